The van der Waals surface area contributed by atoms with Gasteiger partial charge in [0.15, 0.2) is 5.03 Å². The molecule has 1 aliphatic heterocycles. The van der Waals surface area contributed by atoms with Crippen LogP contribution in [-0.4, -0.2) is 65.6 Å². The Morgan fingerprint density at radius 3 is 2.60 bits per heavy atom. The molecule has 4 rings (SSSR count). The van der Waals surface area contributed by atoms with E-state index in [2.05, 4.69) is 15.3 Å². The Bertz CT molecular complexity index is 1670. The molecule has 0 unspecified atom stereocenters. The Hall–Kier alpha value is -3.97. The van der Waals surface area contributed by atoms with Crippen molar-refractivity contribution in [3.63, 3.8) is 0 Å². The van der Waals surface area contributed by atoms with E-state index < -0.39 is 33.4 Å². The molecular formula is C31H37ClFN5O6S. The fourth-order valence-corrected chi connectivity index (χ4v) is 6.41. The van der Waals surface area contributed by atoms with Crippen LogP contribution in [0.2, 0.25) is 5.15 Å². The van der Waals surface area contributed by atoms with Crippen LogP contribution in [0.3, 0.4) is 0 Å². The maximum absolute atomic E-state index is 14.2. The predicted octanol–water partition coefficient (Wildman–Crippen LogP) is 6.06. The first-order chi connectivity index (χ1) is 21.1. The minimum absolute atomic E-state index is 0.192. The van der Waals surface area contributed by atoms with Crippen molar-refractivity contribution in [2.75, 3.05) is 25.0 Å². The number of nitrogens with zero attached hydrogens (tertiary/aromatic N) is 3. The number of rotatable bonds is 12. The van der Waals surface area contributed by atoms with Gasteiger partial charge in [0.1, 0.15) is 22.5 Å². The molecule has 2 amide bonds. The second kappa shape index (κ2) is 14.0. The number of hydrogen-bond acceptors (Lipinski definition) is 8. The van der Waals surface area contributed by atoms with Crippen molar-refractivity contribution in [3.05, 3.63) is 65.1 Å². The number of halogens is 2. The van der Waals surface area contributed by atoms with Gasteiger partial charge < -0.3 is 20.1 Å². The minimum Gasteiger partial charge on any atom is -0.493 e. The van der Waals surface area contributed by atoms with Gasteiger partial charge in [-0.25, -0.2) is 23.9 Å². The number of pyridine rings is 2. The van der Waals surface area contributed by atoms with Gasteiger partial charge in [-0.2, -0.15) is 8.42 Å². The summed E-state index contributed by atoms with van der Waals surface area (Å²) in [6.45, 7) is 9.14. The molecule has 0 saturated carbocycles. The largest absolute Gasteiger partial charge is 0.493 e. The average molecular weight is 662 g/mol. The van der Waals surface area contributed by atoms with E-state index in [-0.39, 0.29) is 33.3 Å². The molecule has 1 aromatic carbocycles. The number of benzene rings is 1. The lowest BCUT2D eigenvalue weighted by molar-refractivity contribution is 0.0980. The Labute approximate surface area is 267 Å². The summed E-state index contributed by atoms with van der Waals surface area (Å²) in [6, 6.07) is 11.2. The van der Waals surface area contributed by atoms with Gasteiger partial charge in [-0.3, -0.25) is 4.79 Å². The SMILES string of the molecule is CC(C)COc1cc(F)cc(-c2ccc(C(=O)NS(=O)(=O)c3cccc(NCCC[C@@H]4CN(C(=O)O)C(C)(C)C4)n3)c(Cl)n2)c1. The maximum Gasteiger partial charge on any atom is 0.407 e. The highest BCUT2D eigenvalue weighted by atomic mass is 35.5. The normalized spacial score (nSPS) is 16.1. The maximum atomic E-state index is 14.2. The second-order valence-electron chi connectivity index (χ2n) is 12.1. The molecule has 0 aliphatic carbocycles. The van der Waals surface area contributed by atoms with Gasteiger partial charge in [-0.15, -0.1) is 0 Å². The van der Waals surface area contributed by atoms with E-state index in [1.54, 1.807) is 12.1 Å². The summed E-state index contributed by atoms with van der Waals surface area (Å²) >= 11 is 6.26. The summed E-state index contributed by atoms with van der Waals surface area (Å²) < 4.78 is 47.8. The zero-order valence-corrected chi connectivity index (χ0v) is 27.1. The summed E-state index contributed by atoms with van der Waals surface area (Å²) in [6.07, 6.45) is 1.38. The molecular weight excluding hydrogens is 625 g/mol. The van der Waals surface area contributed by atoms with Crippen molar-refractivity contribution in [1.82, 2.24) is 19.6 Å². The van der Waals surface area contributed by atoms with Crippen LogP contribution in [0, 0.1) is 17.7 Å². The van der Waals surface area contributed by atoms with Crippen molar-refractivity contribution in [2.24, 2.45) is 11.8 Å². The zero-order chi connectivity index (χ0) is 32.9. The highest BCUT2D eigenvalue weighted by molar-refractivity contribution is 7.90. The van der Waals surface area contributed by atoms with Gasteiger partial charge in [-0.1, -0.05) is 31.5 Å². The quantitative estimate of drug-likeness (QED) is 0.155. The van der Waals surface area contributed by atoms with E-state index in [1.165, 1.54) is 41.3 Å². The van der Waals surface area contributed by atoms with Gasteiger partial charge in [-0.05, 0) is 81.3 Å². The molecule has 2 aromatic heterocycles. The molecule has 1 saturated heterocycles. The van der Waals surface area contributed by atoms with E-state index >= 15 is 0 Å². The number of nitrogens with one attached hydrogen (secondary N) is 2. The molecule has 1 fully saturated rings. The van der Waals surface area contributed by atoms with Gasteiger partial charge in [0.25, 0.3) is 15.9 Å². The molecule has 3 heterocycles. The minimum atomic E-state index is -4.37. The van der Waals surface area contributed by atoms with Crippen molar-refractivity contribution in [2.45, 2.75) is 57.5 Å². The fraction of sp³-hybridized carbons (Fsp3) is 0.419. The lowest BCUT2D eigenvalue weighted by atomic mass is 9.93. The molecule has 0 radical (unpaired) electrons. The van der Waals surface area contributed by atoms with Crippen LogP contribution in [0.1, 0.15) is 57.3 Å². The van der Waals surface area contributed by atoms with E-state index in [1.807, 2.05) is 32.4 Å². The highest BCUT2D eigenvalue weighted by Gasteiger charge is 2.40. The van der Waals surface area contributed by atoms with Crippen LogP contribution in [0.4, 0.5) is 15.0 Å². The zero-order valence-electron chi connectivity index (χ0n) is 25.5. The van der Waals surface area contributed by atoms with Crippen LogP contribution in [-0.2, 0) is 10.0 Å². The van der Waals surface area contributed by atoms with Crippen molar-refractivity contribution < 1.29 is 32.2 Å². The standard InChI is InChI=1S/C31H37ClFN5O6S/c1-19(2)18-44-23-14-21(13-22(33)15-23)25-11-10-24(28(32)35-25)29(39)37-45(42,43)27-9-5-8-26(36-27)34-12-6-7-20-16-31(3,4)38(17-20)30(40)41/h5,8-11,13-15,19-20H,6-7,12,16-18H2,1-4H3,(H,34,36)(H,37,39)(H,40,41)/t20-/m0/s1. The molecule has 14 heteroatoms. The Balaban J connectivity index is 1.36. The monoisotopic (exact) mass is 661 g/mol. The van der Waals surface area contributed by atoms with Crippen molar-refractivity contribution >= 4 is 39.4 Å². The summed E-state index contributed by atoms with van der Waals surface area (Å²) in [5.74, 6) is -0.445. The lowest BCUT2D eigenvalue weighted by Gasteiger charge is -2.28. The third kappa shape index (κ3) is 8.82. The molecule has 11 nitrogen and oxygen atoms in total. The van der Waals surface area contributed by atoms with Crippen molar-refractivity contribution in [1.29, 1.82) is 0 Å². The molecule has 45 heavy (non-hydrogen) atoms. The molecule has 1 atom stereocenters. The van der Waals surface area contributed by atoms with E-state index in [0.717, 1.165) is 19.3 Å². The Morgan fingerprint density at radius 2 is 1.93 bits per heavy atom. The Morgan fingerprint density at radius 1 is 1.18 bits per heavy atom. The van der Waals surface area contributed by atoms with Gasteiger partial charge in [0, 0.05) is 30.3 Å². The molecule has 1 aliphatic rings. The number of hydrogen-bond donors (Lipinski definition) is 3. The Kier molecular flexibility index (Phi) is 10.5. The number of likely N-dealkylation sites (tertiary alicyclic amines) is 1. The van der Waals surface area contributed by atoms with Gasteiger partial charge >= 0.3 is 6.09 Å². The van der Waals surface area contributed by atoms with Gasteiger partial charge in [0.2, 0.25) is 0 Å². The van der Waals surface area contributed by atoms with E-state index in [0.29, 0.717) is 36.8 Å². The first kappa shape index (κ1) is 33.9. The molecule has 3 N–H and O–H groups in total. The van der Waals surface area contributed by atoms with E-state index in [4.69, 9.17) is 16.3 Å². The van der Waals surface area contributed by atoms with Gasteiger partial charge in [0.05, 0.1) is 17.9 Å². The van der Waals surface area contributed by atoms with Crippen LogP contribution >= 0.6 is 11.6 Å². The number of carbonyl (C=O) groups excluding carboxylic acids is 1. The topological polar surface area (TPSA) is 151 Å². The summed E-state index contributed by atoms with van der Waals surface area (Å²) in [4.78, 5) is 34.2. The molecule has 0 bridgehead atoms. The third-order valence-corrected chi connectivity index (χ3v) is 8.88. The number of aromatic nitrogens is 2. The number of amides is 2. The molecule has 242 valence electrons. The first-order valence-corrected chi connectivity index (χ1v) is 16.4. The number of ether oxygens (including phenoxy) is 1. The number of carbonyl (C=O) groups is 2. The summed E-state index contributed by atoms with van der Waals surface area (Å²) in [5.41, 5.74) is 0.0411. The number of sulfonamides is 1. The van der Waals surface area contributed by atoms with Crippen LogP contribution in [0.25, 0.3) is 11.3 Å². The van der Waals surface area contributed by atoms with Crippen LogP contribution in [0.5, 0.6) is 5.75 Å². The van der Waals surface area contributed by atoms with E-state index in [9.17, 15) is 27.5 Å². The molecule has 0 spiro atoms. The number of anilines is 1. The summed E-state index contributed by atoms with van der Waals surface area (Å²) in [7, 11) is -4.37. The van der Waals surface area contributed by atoms with Crippen LogP contribution < -0.4 is 14.8 Å². The van der Waals surface area contributed by atoms with Crippen molar-refractivity contribution in [3.8, 4) is 17.0 Å². The lowest BCUT2D eigenvalue weighted by Crippen LogP contribution is -2.41. The first-order valence-electron chi connectivity index (χ1n) is 14.5. The smallest absolute Gasteiger partial charge is 0.407 e. The average Bonchev–Trinajstić information content (AvgIpc) is 3.28. The summed E-state index contributed by atoms with van der Waals surface area (Å²) in [5, 5.41) is 11.9. The third-order valence-electron chi connectivity index (χ3n) is 7.36. The fourth-order valence-electron chi connectivity index (χ4n) is 5.24. The number of carboxylic acid groups (broad SMARTS) is 1. The molecule has 3 aromatic rings. The van der Waals surface area contributed by atoms with Crippen LogP contribution in [0.15, 0.2) is 53.6 Å². The highest BCUT2D eigenvalue weighted by Crippen LogP contribution is 2.35. The second-order valence-corrected chi connectivity index (χ2v) is 14.0. The predicted molar refractivity (Wildman–Crippen MR) is 169 cm³/mol.